The minimum atomic E-state index is 0.727. The normalized spacial score (nSPS) is 10.5. The number of benzene rings is 1. The summed E-state index contributed by atoms with van der Waals surface area (Å²) in [6.07, 6.45) is 1.59. The van der Waals surface area contributed by atoms with Crippen LogP contribution in [0.15, 0.2) is 47.1 Å². The highest BCUT2D eigenvalue weighted by molar-refractivity contribution is 7.98. The molecule has 0 unspecified atom stereocenters. The van der Waals surface area contributed by atoms with Gasteiger partial charge in [0.2, 0.25) is 0 Å². The monoisotopic (exact) mass is 283 g/mol. The molecule has 19 heavy (non-hydrogen) atoms. The number of thiophene rings is 1. The van der Waals surface area contributed by atoms with Crippen LogP contribution in [0.5, 0.6) is 0 Å². The third kappa shape index (κ3) is 2.46. The number of nitrogens with zero attached hydrogens (tertiary/aromatic N) is 3. The zero-order valence-corrected chi connectivity index (χ0v) is 11.5. The van der Waals surface area contributed by atoms with Gasteiger partial charge in [-0.25, -0.2) is 9.97 Å². The molecule has 2 aromatic heterocycles. The highest BCUT2D eigenvalue weighted by atomic mass is 32.2. The molecular formula is C14H9N3S2. The van der Waals surface area contributed by atoms with Crippen LogP contribution in [0, 0.1) is 11.3 Å². The number of hydrogen-bond acceptors (Lipinski definition) is 5. The van der Waals surface area contributed by atoms with Crippen LogP contribution in [0.3, 0.4) is 0 Å². The molecule has 0 radical (unpaired) electrons. The van der Waals surface area contributed by atoms with E-state index in [1.807, 2.05) is 35.7 Å². The fraction of sp³-hybridized carbons (Fsp3) is 0.0714. The van der Waals surface area contributed by atoms with Crippen molar-refractivity contribution >= 4 is 33.3 Å². The van der Waals surface area contributed by atoms with E-state index in [0.29, 0.717) is 0 Å². The van der Waals surface area contributed by atoms with Gasteiger partial charge in [-0.3, -0.25) is 0 Å². The predicted molar refractivity (Wildman–Crippen MR) is 78.1 cm³/mol. The van der Waals surface area contributed by atoms with Crippen molar-refractivity contribution in [3.8, 4) is 6.07 Å². The van der Waals surface area contributed by atoms with Crippen molar-refractivity contribution in [3.63, 3.8) is 0 Å². The van der Waals surface area contributed by atoms with Gasteiger partial charge in [-0.05, 0) is 23.1 Å². The second-order valence-electron chi connectivity index (χ2n) is 3.88. The highest BCUT2D eigenvalue weighted by Crippen LogP contribution is 2.30. The van der Waals surface area contributed by atoms with Crippen molar-refractivity contribution in [2.75, 3.05) is 0 Å². The van der Waals surface area contributed by atoms with Crippen molar-refractivity contribution in [3.05, 3.63) is 53.2 Å². The maximum Gasteiger partial charge on any atom is 0.127 e. The van der Waals surface area contributed by atoms with Gasteiger partial charge in [-0.15, -0.1) is 23.1 Å². The van der Waals surface area contributed by atoms with Crippen LogP contribution in [0.2, 0.25) is 0 Å². The van der Waals surface area contributed by atoms with Gasteiger partial charge in [0.25, 0.3) is 0 Å². The van der Waals surface area contributed by atoms with E-state index in [1.165, 1.54) is 0 Å². The zero-order chi connectivity index (χ0) is 13.1. The Morgan fingerprint density at radius 2 is 2.11 bits per heavy atom. The summed E-state index contributed by atoms with van der Waals surface area (Å²) in [7, 11) is 0. The minimum Gasteiger partial charge on any atom is -0.229 e. The number of fused-ring (bicyclic) bond motifs is 1. The summed E-state index contributed by atoms with van der Waals surface area (Å²) in [5, 5.41) is 13.2. The number of aromatic nitrogens is 2. The van der Waals surface area contributed by atoms with Crippen molar-refractivity contribution < 1.29 is 0 Å². The lowest BCUT2D eigenvalue weighted by Crippen LogP contribution is -1.88. The van der Waals surface area contributed by atoms with E-state index in [1.54, 1.807) is 29.4 Å². The molecule has 2 heterocycles. The quantitative estimate of drug-likeness (QED) is 0.541. The molecule has 0 atom stereocenters. The summed E-state index contributed by atoms with van der Waals surface area (Å²) in [4.78, 5) is 9.56. The average molecular weight is 283 g/mol. The van der Waals surface area contributed by atoms with Gasteiger partial charge in [0.05, 0.1) is 11.6 Å². The SMILES string of the molecule is N#Cc1ccccc1CSc1ncnc2sccc12. The summed E-state index contributed by atoms with van der Waals surface area (Å²) in [5.41, 5.74) is 1.77. The molecule has 3 nitrogen and oxygen atoms in total. The third-order valence-electron chi connectivity index (χ3n) is 2.73. The molecule has 5 heteroatoms. The molecule has 0 saturated heterocycles. The Balaban J connectivity index is 1.87. The fourth-order valence-electron chi connectivity index (χ4n) is 1.78. The molecular weight excluding hydrogens is 274 g/mol. The van der Waals surface area contributed by atoms with E-state index in [9.17, 15) is 0 Å². The topological polar surface area (TPSA) is 49.6 Å². The Labute approximate surface area is 118 Å². The fourth-order valence-corrected chi connectivity index (χ4v) is 3.57. The van der Waals surface area contributed by atoms with E-state index in [0.717, 1.165) is 32.1 Å². The van der Waals surface area contributed by atoms with Crippen molar-refractivity contribution in [1.82, 2.24) is 9.97 Å². The molecule has 0 aliphatic heterocycles. The third-order valence-corrected chi connectivity index (χ3v) is 4.60. The van der Waals surface area contributed by atoms with E-state index in [2.05, 4.69) is 16.0 Å². The van der Waals surface area contributed by atoms with Crippen molar-refractivity contribution in [2.24, 2.45) is 0 Å². The molecule has 0 aliphatic rings. The summed E-state index contributed by atoms with van der Waals surface area (Å²) in [6, 6.07) is 11.9. The van der Waals surface area contributed by atoms with Gasteiger partial charge in [-0.1, -0.05) is 18.2 Å². The van der Waals surface area contributed by atoms with Crippen LogP contribution in [0.4, 0.5) is 0 Å². The van der Waals surface area contributed by atoms with Crippen LogP contribution >= 0.6 is 23.1 Å². The lowest BCUT2D eigenvalue weighted by molar-refractivity contribution is 1.11. The van der Waals surface area contributed by atoms with Gasteiger partial charge in [0.1, 0.15) is 16.2 Å². The van der Waals surface area contributed by atoms with Gasteiger partial charge in [0, 0.05) is 11.1 Å². The first-order chi connectivity index (χ1) is 9.38. The van der Waals surface area contributed by atoms with Gasteiger partial charge >= 0.3 is 0 Å². The second kappa shape index (κ2) is 5.39. The van der Waals surface area contributed by atoms with Crippen LogP contribution in [-0.2, 0) is 5.75 Å². The van der Waals surface area contributed by atoms with Gasteiger partial charge in [-0.2, -0.15) is 5.26 Å². The Kier molecular flexibility index (Phi) is 3.45. The van der Waals surface area contributed by atoms with Gasteiger partial charge < -0.3 is 0 Å². The Morgan fingerprint density at radius 3 is 3.00 bits per heavy atom. The molecule has 92 valence electrons. The first-order valence-corrected chi connectivity index (χ1v) is 7.54. The standard InChI is InChI=1S/C14H9N3S2/c15-7-10-3-1-2-4-11(10)8-19-14-12-5-6-18-13(12)16-9-17-14/h1-6,9H,8H2. The van der Waals surface area contributed by atoms with Crippen LogP contribution < -0.4 is 0 Å². The molecule has 0 amide bonds. The van der Waals surface area contributed by atoms with Crippen LogP contribution in [0.1, 0.15) is 11.1 Å². The molecule has 0 spiro atoms. The van der Waals surface area contributed by atoms with Gasteiger partial charge in [0.15, 0.2) is 0 Å². The average Bonchev–Trinajstić information content (AvgIpc) is 2.94. The number of hydrogen-bond donors (Lipinski definition) is 0. The zero-order valence-electron chi connectivity index (χ0n) is 9.91. The smallest absolute Gasteiger partial charge is 0.127 e. The number of thioether (sulfide) groups is 1. The molecule has 3 aromatic rings. The van der Waals surface area contributed by atoms with E-state index in [-0.39, 0.29) is 0 Å². The molecule has 3 rings (SSSR count). The lowest BCUT2D eigenvalue weighted by atomic mass is 10.1. The van der Waals surface area contributed by atoms with Crippen LogP contribution in [0.25, 0.3) is 10.2 Å². The van der Waals surface area contributed by atoms with Crippen molar-refractivity contribution in [2.45, 2.75) is 10.8 Å². The maximum absolute atomic E-state index is 9.07. The van der Waals surface area contributed by atoms with E-state index < -0.39 is 0 Å². The Bertz CT molecular complexity index is 758. The molecule has 0 aliphatic carbocycles. The van der Waals surface area contributed by atoms with E-state index in [4.69, 9.17) is 5.26 Å². The number of rotatable bonds is 3. The molecule has 0 bridgehead atoms. The van der Waals surface area contributed by atoms with E-state index >= 15 is 0 Å². The van der Waals surface area contributed by atoms with Crippen LogP contribution in [-0.4, -0.2) is 9.97 Å². The largest absolute Gasteiger partial charge is 0.229 e. The number of nitriles is 1. The molecule has 0 saturated carbocycles. The highest BCUT2D eigenvalue weighted by Gasteiger charge is 2.07. The predicted octanol–water partition coefficient (Wildman–Crippen LogP) is 3.86. The molecule has 0 fully saturated rings. The summed E-state index contributed by atoms with van der Waals surface area (Å²) >= 11 is 3.26. The summed E-state index contributed by atoms with van der Waals surface area (Å²) < 4.78 is 0. The first-order valence-electron chi connectivity index (χ1n) is 5.67. The van der Waals surface area contributed by atoms with Crippen molar-refractivity contribution in [1.29, 1.82) is 5.26 Å². The summed E-state index contributed by atoms with van der Waals surface area (Å²) in [5.74, 6) is 0.742. The summed E-state index contributed by atoms with van der Waals surface area (Å²) in [6.45, 7) is 0. The maximum atomic E-state index is 9.07. The second-order valence-corrected chi connectivity index (χ2v) is 5.73. The molecule has 0 N–H and O–H groups in total. The molecule has 1 aromatic carbocycles. The Hall–Kier alpha value is -1.90. The Morgan fingerprint density at radius 1 is 1.21 bits per heavy atom. The minimum absolute atomic E-state index is 0.727. The first kappa shape index (κ1) is 12.2. The lowest BCUT2D eigenvalue weighted by Gasteiger charge is -2.04.